The highest BCUT2D eigenvalue weighted by atomic mass is 35.5. The summed E-state index contributed by atoms with van der Waals surface area (Å²) >= 11 is 6.04. The molecule has 2 rings (SSSR count). The van der Waals surface area contributed by atoms with Gasteiger partial charge in [-0.2, -0.15) is 0 Å². The van der Waals surface area contributed by atoms with Gasteiger partial charge in [0.15, 0.2) is 0 Å². The monoisotopic (exact) mass is 336 g/mol. The summed E-state index contributed by atoms with van der Waals surface area (Å²) in [5.74, 6) is -0.260. The van der Waals surface area contributed by atoms with Gasteiger partial charge in [0.2, 0.25) is 0 Å². The number of carbonyl (C=O) groups is 2. The van der Waals surface area contributed by atoms with Crippen molar-refractivity contribution >= 4 is 29.7 Å². The van der Waals surface area contributed by atoms with Gasteiger partial charge in [0, 0.05) is 24.3 Å². The molecule has 0 aromatic heterocycles. The molecule has 0 unspecified atom stereocenters. The number of hydrogen-bond acceptors (Lipinski definition) is 3. The molecule has 0 spiro atoms. The van der Waals surface area contributed by atoms with Crippen molar-refractivity contribution in [2.24, 2.45) is 5.92 Å². The van der Waals surface area contributed by atoms with Crippen molar-refractivity contribution in [1.82, 2.24) is 10.2 Å². The normalized spacial score (nSPS) is 15.7. The van der Waals surface area contributed by atoms with Gasteiger partial charge in [-0.05, 0) is 37.5 Å². The van der Waals surface area contributed by atoms with Crippen LogP contribution in [0.1, 0.15) is 25.3 Å². The molecular weight excluding hydrogens is 316 g/mol. The number of rotatable bonds is 4. The number of piperidine rings is 1. The lowest BCUT2D eigenvalue weighted by atomic mass is 9.97. The van der Waals surface area contributed by atoms with Crippen LogP contribution in [0.2, 0.25) is 5.02 Å². The predicted octanol–water partition coefficient (Wildman–Crippen LogP) is 3.30. The highest BCUT2D eigenvalue weighted by Gasteiger charge is 2.27. The average Bonchev–Trinajstić information content (AvgIpc) is 2.57. The van der Waals surface area contributed by atoms with E-state index in [4.69, 9.17) is 16.3 Å². The van der Waals surface area contributed by atoms with Crippen LogP contribution >= 0.6 is 11.6 Å². The van der Waals surface area contributed by atoms with E-state index >= 15 is 0 Å². The largest absolute Gasteiger partial charge is 0.466 e. The van der Waals surface area contributed by atoms with Crippen LogP contribution in [0.3, 0.4) is 0 Å². The number of amides is 2. The lowest BCUT2D eigenvalue weighted by Gasteiger charge is -2.30. The summed E-state index contributed by atoms with van der Waals surface area (Å²) in [5.41, 5.74) is 0.843. The molecule has 0 radical (unpaired) electrons. The van der Waals surface area contributed by atoms with Crippen molar-refractivity contribution in [3.8, 4) is 0 Å². The highest BCUT2D eigenvalue weighted by molar-refractivity contribution is 6.32. The SMILES string of the molecule is CCOC(=O)C1CCN(C(=O)N/C=C/c2ccccc2Cl)CC1. The Morgan fingerprint density at radius 2 is 2.04 bits per heavy atom. The number of urea groups is 1. The van der Waals surface area contributed by atoms with E-state index in [-0.39, 0.29) is 17.9 Å². The van der Waals surface area contributed by atoms with E-state index in [9.17, 15) is 9.59 Å². The molecule has 6 heteroatoms. The van der Waals surface area contributed by atoms with E-state index in [1.165, 1.54) is 0 Å². The number of nitrogens with zero attached hydrogens (tertiary/aromatic N) is 1. The summed E-state index contributed by atoms with van der Waals surface area (Å²) in [4.78, 5) is 25.5. The minimum Gasteiger partial charge on any atom is -0.466 e. The van der Waals surface area contributed by atoms with E-state index in [1.807, 2.05) is 18.2 Å². The zero-order valence-electron chi connectivity index (χ0n) is 13.1. The second-order valence-corrected chi connectivity index (χ2v) is 5.72. The fourth-order valence-electron chi connectivity index (χ4n) is 2.48. The highest BCUT2D eigenvalue weighted by Crippen LogP contribution is 2.19. The van der Waals surface area contributed by atoms with Crippen LogP contribution in [-0.2, 0) is 9.53 Å². The molecule has 0 saturated carbocycles. The Labute approximate surface area is 141 Å². The van der Waals surface area contributed by atoms with E-state index in [0.717, 1.165) is 5.56 Å². The first-order valence-electron chi connectivity index (χ1n) is 7.75. The molecule has 1 N–H and O–H groups in total. The number of esters is 1. The van der Waals surface area contributed by atoms with Crippen molar-refractivity contribution in [1.29, 1.82) is 0 Å². The molecule has 5 nitrogen and oxygen atoms in total. The molecule has 124 valence electrons. The van der Waals surface area contributed by atoms with Crippen molar-refractivity contribution in [2.75, 3.05) is 19.7 Å². The Morgan fingerprint density at radius 1 is 1.35 bits per heavy atom. The van der Waals surface area contributed by atoms with E-state index in [0.29, 0.717) is 37.6 Å². The first-order valence-corrected chi connectivity index (χ1v) is 8.12. The van der Waals surface area contributed by atoms with Gasteiger partial charge in [-0.3, -0.25) is 4.79 Å². The first-order chi connectivity index (χ1) is 11.1. The lowest BCUT2D eigenvalue weighted by molar-refractivity contribution is -0.149. The summed E-state index contributed by atoms with van der Waals surface area (Å²) in [6, 6.07) is 7.23. The fourth-order valence-corrected chi connectivity index (χ4v) is 2.68. The summed E-state index contributed by atoms with van der Waals surface area (Å²) in [5, 5.41) is 3.36. The van der Waals surface area contributed by atoms with Crippen molar-refractivity contribution in [3.05, 3.63) is 41.1 Å². The van der Waals surface area contributed by atoms with Gasteiger partial charge in [-0.15, -0.1) is 0 Å². The van der Waals surface area contributed by atoms with Crippen molar-refractivity contribution in [3.63, 3.8) is 0 Å². The molecule has 0 atom stereocenters. The lowest BCUT2D eigenvalue weighted by Crippen LogP contribution is -2.44. The predicted molar refractivity (Wildman–Crippen MR) is 89.9 cm³/mol. The van der Waals surface area contributed by atoms with Crippen LogP contribution in [0.4, 0.5) is 4.79 Å². The Balaban J connectivity index is 1.79. The van der Waals surface area contributed by atoms with Gasteiger partial charge in [0.1, 0.15) is 0 Å². The molecule has 1 aromatic carbocycles. The van der Waals surface area contributed by atoms with Gasteiger partial charge in [-0.1, -0.05) is 29.8 Å². The van der Waals surface area contributed by atoms with Crippen molar-refractivity contribution < 1.29 is 14.3 Å². The molecule has 1 fully saturated rings. The first kappa shape index (κ1) is 17.3. The maximum Gasteiger partial charge on any atom is 0.321 e. The Kier molecular flexibility index (Phi) is 6.47. The zero-order chi connectivity index (χ0) is 16.7. The third-order valence-electron chi connectivity index (χ3n) is 3.78. The minimum atomic E-state index is -0.171. The Hall–Kier alpha value is -2.01. The van der Waals surface area contributed by atoms with Gasteiger partial charge in [-0.25, -0.2) is 4.79 Å². The van der Waals surface area contributed by atoms with Crippen molar-refractivity contribution in [2.45, 2.75) is 19.8 Å². The molecule has 1 aromatic rings. The molecular formula is C17H21ClN2O3. The molecule has 1 saturated heterocycles. The van der Waals surface area contributed by atoms with Crippen LogP contribution in [-0.4, -0.2) is 36.6 Å². The molecule has 0 aliphatic carbocycles. The summed E-state index contributed by atoms with van der Waals surface area (Å²) in [6.45, 7) is 3.29. The maximum absolute atomic E-state index is 12.1. The quantitative estimate of drug-likeness (QED) is 0.858. The van der Waals surface area contributed by atoms with Crippen LogP contribution in [0.15, 0.2) is 30.5 Å². The van der Waals surface area contributed by atoms with Gasteiger partial charge in [0.25, 0.3) is 0 Å². The fraction of sp³-hybridized carbons (Fsp3) is 0.412. The third kappa shape index (κ3) is 4.99. The van der Waals surface area contributed by atoms with Crippen LogP contribution in [0.5, 0.6) is 0 Å². The topological polar surface area (TPSA) is 58.6 Å². The number of nitrogens with one attached hydrogen (secondary N) is 1. The molecule has 1 heterocycles. The summed E-state index contributed by atoms with van der Waals surface area (Å²) in [6.07, 6.45) is 4.62. The molecule has 0 bridgehead atoms. The van der Waals surface area contributed by atoms with E-state index < -0.39 is 0 Å². The Bertz CT molecular complexity index is 581. The average molecular weight is 337 g/mol. The molecule has 2 amide bonds. The number of ether oxygens (including phenoxy) is 1. The second-order valence-electron chi connectivity index (χ2n) is 5.32. The van der Waals surface area contributed by atoms with Crippen LogP contribution < -0.4 is 5.32 Å². The number of hydrogen-bond donors (Lipinski definition) is 1. The molecule has 1 aliphatic rings. The van der Waals surface area contributed by atoms with Gasteiger partial charge < -0.3 is 15.0 Å². The number of carbonyl (C=O) groups excluding carboxylic acids is 2. The molecule has 23 heavy (non-hydrogen) atoms. The maximum atomic E-state index is 12.1. The van der Waals surface area contributed by atoms with Gasteiger partial charge >= 0.3 is 12.0 Å². The van der Waals surface area contributed by atoms with E-state index in [2.05, 4.69) is 5.32 Å². The number of likely N-dealkylation sites (tertiary alicyclic amines) is 1. The third-order valence-corrected chi connectivity index (χ3v) is 4.12. The second kappa shape index (κ2) is 8.58. The Morgan fingerprint density at radius 3 is 2.70 bits per heavy atom. The number of benzene rings is 1. The summed E-state index contributed by atoms with van der Waals surface area (Å²) in [7, 11) is 0. The summed E-state index contributed by atoms with van der Waals surface area (Å²) < 4.78 is 5.02. The van der Waals surface area contributed by atoms with Crippen LogP contribution in [0, 0.1) is 5.92 Å². The van der Waals surface area contributed by atoms with Crippen LogP contribution in [0.25, 0.3) is 6.08 Å². The zero-order valence-corrected chi connectivity index (χ0v) is 13.9. The smallest absolute Gasteiger partial charge is 0.321 e. The standard InChI is InChI=1S/C17H21ClN2O3/c1-2-23-16(21)14-8-11-20(12-9-14)17(22)19-10-7-13-5-3-4-6-15(13)18/h3-7,10,14H,2,8-9,11-12H2,1H3,(H,19,22)/b10-7+. The number of halogens is 1. The minimum absolute atomic E-state index is 0.0994. The van der Waals surface area contributed by atoms with E-state index in [1.54, 1.807) is 30.2 Å². The van der Waals surface area contributed by atoms with Gasteiger partial charge in [0.05, 0.1) is 12.5 Å². The molecule has 1 aliphatic heterocycles.